The zero-order chi connectivity index (χ0) is 23.4. The predicted molar refractivity (Wildman–Crippen MR) is 129 cm³/mol. The van der Waals surface area contributed by atoms with Gasteiger partial charge in [-0.15, -0.1) is 0 Å². The molecule has 0 aliphatic carbocycles. The average Bonchev–Trinajstić information content (AvgIpc) is 2.83. The zero-order valence-electron chi connectivity index (χ0n) is 18.3. The van der Waals surface area contributed by atoms with Crippen LogP contribution in [-0.4, -0.2) is 30.3 Å². The van der Waals surface area contributed by atoms with Gasteiger partial charge in [-0.3, -0.25) is 9.78 Å². The van der Waals surface area contributed by atoms with Crippen LogP contribution in [0.25, 0.3) is 22.2 Å². The Kier molecular flexibility index (Phi) is 6.48. The average molecular weight is 461 g/mol. The Morgan fingerprint density at radius 1 is 1.00 bits per heavy atom. The first-order valence-corrected chi connectivity index (χ1v) is 12.1. The number of anilines is 1. The quantitative estimate of drug-likeness (QED) is 0.419. The summed E-state index contributed by atoms with van der Waals surface area (Å²) in [5.41, 5.74) is 3.19. The summed E-state index contributed by atoms with van der Waals surface area (Å²) in [5, 5.41) is 3.59. The van der Waals surface area contributed by atoms with Crippen LogP contribution in [0, 0.1) is 0 Å². The minimum atomic E-state index is -3.61. The lowest BCUT2D eigenvalue weighted by Crippen LogP contribution is -2.31. The highest BCUT2D eigenvalue weighted by Gasteiger charge is 2.18. The first kappa shape index (κ1) is 22.6. The molecule has 2 aromatic heterocycles. The second kappa shape index (κ2) is 9.48. The predicted octanol–water partition coefficient (Wildman–Crippen LogP) is 4.63. The number of benzene rings is 2. The number of hydrogen-bond donors (Lipinski definition) is 2. The van der Waals surface area contributed by atoms with Crippen molar-refractivity contribution in [3.05, 3.63) is 84.7 Å². The molecule has 2 aromatic carbocycles. The lowest BCUT2D eigenvalue weighted by molar-refractivity contribution is 0.102. The fraction of sp³-hybridized carbons (Fsp3) is 0.160. The van der Waals surface area contributed by atoms with E-state index in [0.29, 0.717) is 28.9 Å². The molecule has 2 N–H and O–H groups in total. The summed E-state index contributed by atoms with van der Waals surface area (Å²) < 4.78 is 27.6. The van der Waals surface area contributed by atoms with Gasteiger partial charge < -0.3 is 5.32 Å². The Morgan fingerprint density at radius 2 is 1.70 bits per heavy atom. The van der Waals surface area contributed by atoms with E-state index in [0.717, 1.165) is 10.9 Å². The van der Waals surface area contributed by atoms with Gasteiger partial charge in [0.2, 0.25) is 10.0 Å². The van der Waals surface area contributed by atoms with Crippen LogP contribution in [0.2, 0.25) is 0 Å². The fourth-order valence-corrected chi connectivity index (χ4v) is 4.69. The van der Waals surface area contributed by atoms with Crippen molar-refractivity contribution in [2.24, 2.45) is 0 Å². The Bertz CT molecular complexity index is 1390. The van der Waals surface area contributed by atoms with Gasteiger partial charge in [0.05, 0.1) is 21.7 Å². The number of hydrogen-bond acceptors (Lipinski definition) is 5. The highest BCUT2D eigenvalue weighted by Crippen LogP contribution is 2.25. The number of amides is 1. The number of aromatic nitrogens is 2. The Hall–Kier alpha value is -3.62. The van der Waals surface area contributed by atoms with E-state index < -0.39 is 10.0 Å². The highest BCUT2D eigenvalue weighted by molar-refractivity contribution is 7.89. The Balaban J connectivity index is 1.63. The van der Waals surface area contributed by atoms with Crippen LogP contribution in [-0.2, 0) is 10.0 Å². The van der Waals surface area contributed by atoms with Crippen molar-refractivity contribution in [2.45, 2.75) is 31.2 Å². The molecule has 1 amide bonds. The van der Waals surface area contributed by atoms with Crippen molar-refractivity contribution in [1.82, 2.24) is 14.7 Å². The second-order valence-electron chi connectivity index (χ2n) is 7.72. The van der Waals surface area contributed by atoms with Crippen molar-refractivity contribution in [3.63, 3.8) is 0 Å². The second-order valence-corrected chi connectivity index (χ2v) is 9.43. The monoisotopic (exact) mass is 460 g/mol. The standard InChI is InChI=1S/C25H24N4O3S/c1-3-17(2)29-33(31,32)20-10-8-19(9-11-20)27-25(30)22-16-24(18-12-14-26-15-13-18)28-23-7-5-4-6-21(22)23/h4-17,29H,3H2,1-2H3,(H,27,30)/t17-/m0/s1. The van der Waals surface area contributed by atoms with Crippen molar-refractivity contribution in [3.8, 4) is 11.3 Å². The maximum absolute atomic E-state index is 13.2. The molecule has 0 bridgehead atoms. The minimum absolute atomic E-state index is 0.148. The van der Waals surface area contributed by atoms with E-state index in [4.69, 9.17) is 0 Å². The smallest absolute Gasteiger partial charge is 0.256 e. The van der Waals surface area contributed by atoms with Crippen LogP contribution < -0.4 is 10.0 Å². The topological polar surface area (TPSA) is 101 Å². The lowest BCUT2D eigenvalue weighted by Gasteiger charge is -2.13. The van der Waals surface area contributed by atoms with Crippen LogP contribution in [0.4, 0.5) is 5.69 Å². The van der Waals surface area contributed by atoms with E-state index in [1.165, 1.54) is 12.1 Å². The molecule has 168 valence electrons. The summed E-state index contributed by atoms with van der Waals surface area (Å²) in [5.74, 6) is -0.308. The number of pyridine rings is 2. The SMILES string of the molecule is CC[C@H](C)NS(=O)(=O)c1ccc(NC(=O)c2cc(-c3ccncc3)nc3ccccc23)cc1. The molecule has 7 nitrogen and oxygen atoms in total. The largest absolute Gasteiger partial charge is 0.322 e. The maximum atomic E-state index is 13.2. The van der Waals surface area contributed by atoms with Crippen molar-refractivity contribution in [1.29, 1.82) is 0 Å². The maximum Gasteiger partial charge on any atom is 0.256 e. The van der Waals surface area contributed by atoms with Crippen LogP contribution in [0.5, 0.6) is 0 Å². The number of sulfonamides is 1. The Labute approximate surface area is 193 Å². The normalized spacial score (nSPS) is 12.4. The fourth-order valence-electron chi connectivity index (χ4n) is 3.37. The van der Waals surface area contributed by atoms with Gasteiger partial charge in [0, 0.05) is 35.1 Å². The lowest BCUT2D eigenvalue weighted by atomic mass is 10.0. The molecule has 0 aliphatic rings. The van der Waals surface area contributed by atoms with Crippen LogP contribution in [0.3, 0.4) is 0 Å². The molecular weight excluding hydrogens is 436 g/mol. The van der Waals surface area contributed by atoms with E-state index in [9.17, 15) is 13.2 Å². The molecule has 0 aliphatic heterocycles. The third-order valence-corrected chi connectivity index (χ3v) is 6.93. The van der Waals surface area contributed by atoms with Crippen LogP contribution in [0.1, 0.15) is 30.6 Å². The molecule has 0 saturated carbocycles. The van der Waals surface area contributed by atoms with E-state index in [1.807, 2.05) is 50.2 Å². The number of fused-ring (bicyclic) bond motifs is 1. The first-order chi connectivity index (χ1) is 15.9. The third kappa shape index (κ3) is 5.08. The summed E-state index contributed by atoms with van der Waals surface area (Å²) >= 11 is 0. The summed E-state index contributed by atoms with van der Waals surface area (Å²) in [7, 11) is -3.61. The summed E-state index contributed by atoms with van der Waals surface area (Å²) in [6.45, 7) is 3.72. The van der Waals surface area contributed by atoms with E-state index >= 15 is 0 Å². The van der Waals surface area contributed by atoms with Crippen LogP contribution in [0.15, 0.2) is 84.0 Å². The number of para-hydroxylation sites is 1. The molecule has 4 rings (SSSR count). The third-order valence-electron chi connectivity index (χ3n) is 5.33. The highest BCUT2D eigenvalue weighted by atomic mass is 32.2. The molecule has 0 saturated heterocycles. The van der Waals surface area contributed by atoms with Gasteiger partial charge in [-0.25, -0.2) is 18.1 Å². The van der Waals surface area contributed by atoms with Crippen molar-refractivity contribution < 1.29 is 13.2 Å². The number of nitrogens with zero attached hydrogens (tertiary/aromatic N) is 2. The Morgan fingerprint density at radius 3 is 2.39 bits per heavy atom. The van der Waals surface area contributed by atoms with Gasteiger partial charge in [-0.1, -0.05) is 25.1 Å². The van der Waals surface area contributed by atoms with Crippen molar-refractivity contribution in [2.75, 3.05) is 5.32 Å². The van der Waals surface area contributed by atoms with Gasteiger partial charge in [0.1, 0.15) is 0 Å². The number of carbonyl (C=O) groups excluding carboxylic acids is 1. The first-order valence-electron chi connectivity index (χ1n) is 10.6. The molecule has 0 spiro atoms. The molecule has 1 atom stereocenters. The minimum Gasteiger partial charge on any atom is -0.322 e. The summed E-state index contributed by atoms with van der Waals surface area (Å²) in [6.07, 6.45) is 4.05. The van der Waals surface area contributed by atoms with Gasteiger partial charge in [-0.2, -0.15) is 0 Å². The molecule has 33 heavy (non-hydrogen) atoms. The van der Waals surface area contributed by atoms with Crippen LogP contribution >= 0.6 is 0 Å². The molecular formula is C25H24N4O3S. The molecule has 0 radical (unpaired) electrons. The summed E-state index contributed by atoms with van der Waals surface area (Å²) in [6, 6.07) is 18.8. The van der Waals surface area contributed by atoms with Crippen molar-refractivity contribution >= 4 is 32.5 Å². The van der Waals surface area contributed by atoms with Gasteiger partial charge in [-0.05, 0) is 61.9 Å². The van der Waals surface area contributed by atoms with E-state index in [1.54, 1.807) is 30.6 Å². The van der Waals surface area contributed by atoms with Gasteiger partial charge in [0.25, 0.3) is 5.91 Å². The molecule has 0 unspecified atom stereocenters. The summed E-state index contributed by atoms with van der Waals surface area (Å²) in [4.78, 5) is 22.1. The molecule has 8 heteroatoms. The number of rotatable bonds is 7. The zero-order valence-corrected chi connectivity index (χ0v) is 19.1. The molecule has 0 fully saturated rings. The van der Waals surface area contributed by atoms with Gasteiger partial charge in [0.15, 0.2) is 0 Å². The van der Waals surface area contributed by atoms with E-state index in [2.05, 4.69) is 20.0 Å². The number of nitrogens with one attached hydrogen (secondary N) is 2. The van der Waals surface area contributed by atoms with Gasteiger partial charge >= 0.3 is 0 Å². The molecule has 4 aromatic rings. The van der Waals surface area contributed by atoms with E-state index in [-0.39, 0.29) is 16.8 Å². The number of carbonyl (C=O) groups is 1. The molecule has 2 heterocycles.